The molecule has 2 rings (SSSR count). The smallest absolute Gasteiger partial charge is 0.251 e. The van der Waals surface area contributed by atoms with Crippen molar-refractivity contribution in [3.8, 4) is 0 Å². The fourth-order valence-corrected chi connectivity index (χ4v) is 2.24. The molecule has 1 atom stereocenters. The van der Waals surface area contributed by atoms with Crippen LogP contribution in [0, 0.1) is 0 Å². The van der Waals surface area contributed by atoms with Gasteiger partial charge in [-0.25, -0.2) is 8.78 Å². The summed E-state index contributed by atoms with van der Waals surface area (Å²) in [5, 5.41) is 12.2. The molecule has 4 heteroatoms. The van der Waals surface area contributed by atoms with Gasteiger partial charge in [-0.1, -0.05) is 42.5 Å². The summed E-state index contributed by atoms with van der Waals surface area (Å²) in [6.07, 6.45) is -3.15. The van der Waals surface area contributed by atoms with Crippen molar-refractivity contribution in [1.29, 1.82) is 0 Å². The summed E-state index contributed by atoms with van der Waals surface area (Å²) < 4.78 is 24.5. The highest BCUT2D eigenvalue weighted by Crippen LogP contribution is 2.24. The molecule has 0 aliphatic heterocycles. The van der Waals surface area contributed by atoms with E-state index in [-0.39, 0.29) is 13.1 Å². The molecule has 0 radical (unpaired) electrons. The number of fused-ring (bicyclic) bond motifs is 1. The molecule has 0 aliphatic rings. The highest BCUT2D eigenvalue weighted by atomic mass is 19.3. The Morgan fingerprint density at radius 2 is 1.74 bits per heavy atom. The first-order chi connectivity index (χ1) is 9.08. The zero-order chi connectivity index (χ0) is 13.8. The summed E-state index contributed by atoms with van der Waals surface area (Å²) in [5.74, 6) is 0. The number of aliphatic hydroxyl groups is 1. The minimum absolute atomic E-state index is 0.193. The quantitative estimate of drug-likeness (QED) is 0.898. The predicted octanol–water partition coefficient (Wildman–Crippen LogP) is 3.07. The summed E-state index contributed by atoms with van der Waals surface area (Å²) in [5.41, 5.74) is 0.777. The molecule has 0 spiro atoms. The summed E-state index contributed by atoms with van der Waals surface area (Å²) in [6, 6.07) is 13.4. The first kappa shape index (κ1) is 13.9. The maximum Gasteiger partial charge on any atom is 0.251 e. The minimum Gasteiger partial charge on any atom is -0.387 e. The van der Waals surface area contributed by atoms with Crippen LogP contribution in [0.4, 0.5) is 8.78 Å². The monoisotopic (exact) mass is 265 g/mol. The SMILES string of the molecule is CN(CC(F)F)CC(O)c1cccc2ccccc12. The predicted molar refractivity (Wildman–Crippen MR) is 72.4 cm³/mol. The topological polar surface area (TPSA) is 23.5 Å². The molecule has 0 saturated heterocycles. The highest BCUT2D eigenvalue weighted by molar-refractivity contribution is 5.85. The van der Waals surface area contributed by atoms with Gasteiger partial charge in [0.1, 0.15) is 0 Å². The van der Waals surface area contributed by atoms with Crippen molar-refractivity contribution in [3.63, 3.8) is 0 Å². The van der Waals surface area contributed by atoms with E-state index in [1.54, 1.807) is 7.05 Å². The van der Waals surface area contributed by atoms with Crippen LogP contribution < -0.4 is 0 Å². The van der Waals surface area contributed by atoms with Gasteiger partial charge < -0.3 is 5.11 Å². The number of hydrogen-bond acceptors (Lipinski definition) is 2. The van der Waals surface area contributed by atoms with Crippen LogP contribution in [0.1, 0.15) is 11.7 Å². The normalized spacial score (nSPS) is 13.4. The van der Waals surface area contributed by atoms with Crippen LogP contribution in [-0.4, -0.2) is 36.6 Å². The first-order valence-corrected chi connectivity index (χ1v) is 6.20. The molecule has 0 heterocycles. The number of hydrogen-bond donors (Lipinski definition) is 1. The molecule has 0 saturated carbocycles. The molecular weight excluding hydrogens is 248 g/mol. The molecule has 0 amide bonds. The summed E-state index contributed by atoms with van der Waals surface area (Å²) in [6.45, 7) is -0.139. The van der Waals surface area contributed by atoms with E-state index in [1.807, 2.05) is 42.5 Å². The van der Waals surface area contributed by atoms with Crippen molar-refractivity contribution in [1.82, 2.24) is 4.90 Å². The molecule has 0 aliphatic carbocycles. The summed E-state index contributed by atoms with van der Waals surface area (Å²) in [4.78, 5) is 1.44. The zero-order valence-electron chi connectivity index (χ0n) is 10.8. The second-order valence-electron chi connectivity index (χ2n) is 4.70. The molecule has 2 nitrogen and oxygen atoms in total. The van der Waals surface area contributed by atoms with Gasteiger partial charge in [0, 0.05) is 6.54 Å². The van der Waals surface area contributed by atoms with Gasteiger partial charge in [0.2, 0.25) is 0 Å². The highest BCUT2D eigenvalue weighted by Gasteiger charge is 2.15. The van der Waals surface area contributed by atoms with Crippen molar-refractivity contribution >= 4 is 10.8 Å². The molecule has 0 bridgehead atoms. The van der Waals surface area contributed by atoms with Gasteiger partial charge in [-0.15, -0.1) is 0 Å². The molecule has 1 unspecified atom stereocenters. The van der Waals surface area contributed by atoms with Crippen molar-refractivity contribution in [3.05, 3.63) is 48.0 Å². The van der Waals surface area contributed by atoms with Gasteiger partial charge in [0.15, 0.2) is 0 Å². The lowest BCUT2D eigenvalue weighted by atomic mass is 10.0. The lowest BCUT2D eigenvalue weighted by molar-refractivity contribution is 0.0685. The van der Waals surface area contributed by atoms with Crippen LogP contribution in [-0.2, 0) is 0 Å². The van der Waals surface area contributed by atoms with E-state index >= 15 is 0 Å². The number of rotatable bonds is 5. The number of nitrogens with zero attached hydrogens (tertiary/aromatic N) is 1. The fraction of sp³-hybridized carbons (Fsp3) is 0.333. The molecule has 102 valence electrons. The standard InChI is InChI=1S/C15H17F2NO/c1-18(10-15(16)17)9-14(19)13-8-4-6-11-5-2-3-7-12(11)13/h2-8,14-15,19H,9-10H2,1H3. The molecule has 1 N–H and O–H groups in total. The average molecular weight is 265 g/mol. The molecule has 0 aromatic heterocycles. The Morgan fingerprint density at radius 3 is 2.47 bits per heavy atom. The van der Waals surface area contributed by atoms with E-state index in [4.69, 9.17) is 0 Å². The lowest BCUT2D eigenvalue weighted by Crippen LogP contribution is -2.29. The van der Waals surface area contributed by atoms with Crippen LogP contribution in [0.5, 0.6) is 0 Å². The first-order valence-electron chi connectivity index (χ1n) is 6.20. The maximum atomic E-state index is 12.3. The molecule has 0 fully saturated rings. The Balaban J connectivity index is 2.19. The van der Waals surface area contributed by atoms with Crippen molar-refractivity contribution in [2.45, 2.75) is 12.5 Å². The third-order valence-corrected chi connectivity index (χ3v) is 3.12. The van der Waals surface area contributed by atoms with Gasteiger partial charge in [-0.05, 0) is 23.4 Å². The molecule has 19 heavy (non-hydrogen) atoms. The Hall–Kier alpha value is -1.52. The Kier molecular flexibility index (Phi) is 4.45. The van der Waals surface area contributed by atoms with Crippen LogP contribution in [0.25, 0.3) is 10.8 Å². The third-order valence-electron chi connectivity index (χ3n) is 3.12. The zero-order valence-corrected chi connectivity index (χ0v) is 10.8. The minimum atomic E-state index is -2.38. The third kappa shape index (κ3) is 3.49. The Bertz CT molecular complexity index is 539. The number of benzene rings is 2. The number of halogens is 2. The van der Waals surface area contributed by atoms with Crippen LogP contribution in [0.15, 0.2) is 42.5 Å². The lowest BCUT2D eigenvalue weighted by Gasteiger charge is -2.21. The van der Waals surface area contributed by atoms with Gasteiger partial charge in [-0.3, -0.25) is 4.90 Å². The second kappa shape index (κ2) is 6.08. The Labute approximate surface area is 111 Å². The second-order valence-corrected chi connectivity index (χ2v) is 4.70. The van der Waals surface area contributed by atoms with E-state index in [2.05, 4.69) is 0 Å². The van der Waals surface area contributed by atoms with E-state index in [1.165, 1.54) is 4.90 Å². The van der Waals surface area contributed by atoms with Gasteiger partial charge in [0.25, 0.3) is 6.43 Å². The van der Waals surface area contributed by atoms with Crippen LogP contribution in [0.3, 0.4) is 0 Å². The van der Waals surface area contributed by atoms with Crippen molar-refractivity contribution < 1.29 is 13.9 Å². The summed E-state index contributed by atoms with van der Waals surface area (Å²) in [7, 11) is 1.58. The molecule has 2 aromatic rings. The largest absolute Gasteiger partial charge is 0.387 e. The van der Waals surface area contributed by atoms with Crippen molar-refractivity contribution in [2.24, 2.45) is 0 Å². The molecular formula is C15H17F2NO. The van der Waals surface area contributed by atoms with E-state index in [0.717, 1.165) is 16.3 Å². The van der Waals surface area contributed by atoms with Gasteiger partial charge in [-0.2, -0.15) is 0 Å². The van der Waals surface area contributed by atoms with Gasteiger partial charge in [0.05, 0.1) is 12.6 Å². The van der Waals surface area contributed by atoms with Crippen LogP contribution in [0.2, 0.25) is 0 Å². The summed E-state index contributed by atoms with van der Waals surface area (Å²) >= 11 is 0. The van der Waals surface area contributed by atoms with E-state index < -0.39 is 12.5 Å². The number of aliphatic hydroxyl groups excluding tert-OH is 1. The van der Waals surface area contributed by atoms with E-state index in [0.29, 0.717) is 0 Å². The number of likely N-dealkylation sites (N-methyl/N-ethyl adjacent to an activating group) is 1. The number of alkyl halides is 2. The average Bonchev–Trinajstić information content (AvgIpc) is 2.36. The van der Waals surface area contributed by atoms with Crippen molar-refractivity contribution in [2.75, 3.05) is 20.1 Å². The van der Waals surface area contributed by atoms with Gasteiger partial charge >= 0.3 is 0 Å². The van der Waals surface area contributed by atoms with Crippen LogP contribution >= 0.6 is 0 Å². The maximum absolute atomic E-state index is 12.3. The Morgan fingerprint density at radius 1 is 1.05 bits per heavy atom. The van der Waals surface area contributed by atoms with E-state index in [9.17, 15) is 13.9 Å². The fourth-order valence-electron chi connectivity index (χ4n) is 2.24. The molecule has 2 aromatic carbocycles.